The van der Waals surface area contributed by atoms with E-state index in [2.05, 4.69) is 10.3 Å². The molecule has 0 aliphatic carbocycles. The zero-order valence-corrected chi connectivity index (χ0v) is 17.1. The van der Waals surface area contributed by atoms with Crippen molar-refractivity contribution in [2.24, 2.45) is 0 Å². The maximum atomic E-state index is 12.8. The number of hydrogen-bond acceptors (Lipinski definition) is 7. The molecule has 0 fully saturated rings. The molecule has 0 bridgehead atoms. The summed E-state index contributed by atoms with van der Waals surface area (Å²) in [6.45, 7) is 3.35. The minimum Gasteiger partial charge on any atom is -0.493 e. The number of carbonyl (C=O) groups excluding carboxylic acids is 1. The minimum atomic E-state index is -0.474. The number of thiazole rings is 1. The lowest BCUT2D eigenvalue weighted by Crippen LogP contribution is -2.13. The summed E-state index contributed by atoms with van der Waals surface area (Å²) < 4.78 is 10.6. The Morgan fingerprint density at radius 3 is 2.52 bits per heavy atom. The topological polar surface area (TPSA) is 104 Å². The summed E-state index contributed by atoms with van der Waals surface area (Å²) in [7, 11) is 3.11. The van der Waals surface area contributed by atoms with Gasteiger partial charge in [-0.05, 0) is 38.1 Å². The van der Waals surface area contributed by atoms with Gasteiger partial charge in [-0.15, -0.1) is 11.3 Å². The van der Waals surface area contributed by atoms with Gasteiger partial charge in [-0.1, -0.05) is 6.07 Å². The molecule has 0 aliphatic rings. The number of nitro benzene ring substituents is 1. The highest BCUT2D eigenvalue weighted by Crippen LogP contribution is 2.35. The summed E-state index contributed by atoms with van der Waals surface area (Å²) in [4.78, 5) is 28.3. The van der Waals surface area contributed by atoms with Crippen LogP contribution in [0, 0.1) is 24.0 Å². The van der Waals surface area contributed by atoms with Gasteiger partial charge in [0.15, 0.2) is 11.5 Å². The summed E-state index contributed by atoms with van der Waals surface area (Å²) in [6.07, 6.45) is 0. The second-order valence-electron chi connectivity index (χ2n) is 6.16. The third-order valence-electron chi connectivity index (χ3n) is 4.38. The predicted octanol–water partition coefficient (Wildman–Crippen LogP) is 4.60. The first-order valence-corrected chi connectivity index (χ1v) is 9.42. The van der Waals surface area contributed by atoms with Crippen LogP contribution in [-0.4, -0.2) is 30.0 Å². The molecule has 1 heterocycles. The summed E-state index contributed by atoms with van der Waals surface area (Å²) in [5.74, 6) is 0.801. The van der Waals surface area contributed by atoms with Crippen LogP contribution in [0.3, 0.4) is 0 Å². The second kappa shape index (κ2) is 8.27. The van der Waals surface area contributed by atoms with E-state index in [0.717, 1.165) is 5.56 Å². The smallest absolute Gasteiger partial charge is 0.274 e. The molecule has 0 aliphatic heterocycles. The van der Waals surface area contributed by atoms with Gasteiger partial charge in [0.05, 0.1) is 36.1 Å². The molecule has 0 saturated carbocycles. The molecule has 0 atom stereocenters. The number of aryl methyl sites for hydroxylation is 1. The molecule has 1 amide bonds. The maximum absolute atomic E-state index is 12.8. The standard InChI is InChI=1S/C20H19N3O5S/c1-11-14(6-5-7-15(11)23(25)26)22-19(24)18-12(2)21-20(29-18)13-8-9-16(27-3)17(10-13)28-4/h5-10H,1-4H3,(H,22,24). The average molecular weight is 413 g/mol. The molecule has 29 heavy (non-hydrogen) atoms. The van der Waals surface area contributed by atoms with Crippen molar-refractivity contribution in [2.75, 3.05) is 19.5 Å². The zero-order chi connectivity index (χ0) is 21.1. The maximum Gasteiger partial charge on any atom is 0.274 e. The van der Waals surface area contributed by atoms with Crippen molar-refractivity contribution in [2.45, 2.75) is 13.8 Å². The largest absolute Gasteiger partial charge is 0.493 e. The van der Waals surface area contributed by atoms with Gasteiger partial charge in [-0.3, -0.25) is 14.9 Å². The first-order valence-electron chi connectivity index (χ1n) is 8.61. The van der Waals surface area contributed by atoms with Crippen molar-refractivity contribution >= 4 is 28.6 Å². The van der Waals surface area contributed by atoms with Gasteiger partial charge in [0, 0.05) is 11.6 Å². The Hall–Kier alpha value is -3.46. The van der Waals surface area contributed by atoms with Crippen molar-refractivity contribution in [1.82, 2.24) is 4.98 Å². The van der Waals surface area contributed by atoms with Gasteiger partial charge in [0.1, 0.15) is 9.88 Å². The molecule has 9 heteroatoms. The van der Waals surface area contributed by atoms with Crippen LogP contribution in [0.15, 0.2) is 36.4 Å². The van der Waals surface area contributed by atoms with E-state index < -0.39 is 4.92 Å². The van der Waals surface area contributed by atoms with E-state index >= 15 is 0 Å². The number of hydrogen-bond donors (Lipinski definition) is 1. The molecule has 0 unspecified atom stereocenters. The van der Waals surface area contributed by atoms with Crippen molar-refractivity contribution in [3.05, 3.63) is 62.6 Å². The van der Waals surface area contributed by atoms with Crippen LogP contribution in [0.1, 0.15) is 20.9 Å². The van der Waals surface area contributed by atoms with Crippen molar-refractivity contribution in [1.29, 1.82) is 0 Å². The Balaban J connectivity index is 1.90. The van der Waals surface area contributed by atoms with E-state index in [-0.39, 0.29) is 11.6 Å². The van der Waals surface area contributed by atoms with Crippen molar-refractivity contribution in [3.63, 3.8) is 0 Å². The molecule has 2 aromatic carbocycles. The number of benzene rings is 2. The summed E-state index contributed by atoms with van der Waals surface area (Å²) in [5, 5.41) is 14.5. The Bertz CT molecular complexity index is 1090. The molecule has 1 N–H and O–H groups in total. The Labute approximate surface area is 171 Å². The first kappa shape index (κ1) is 20.3. The third-order valence-corrected chi connectivity index (χ3v) is 5.59. The van der Waals surface area contributed by atoms with E-state index in [1.54, 1.807) is 46.3 Å². The first-order chi connectivity index (χ1) is 13.8. The third kappa shape index (κ3) is 4.04. The molecule has 3 aromatic rings. The van der Waals surface area contributed by atoms with Crippen LogP contribution in [0.25, 0.3) is 10.6 Å². The lowest BCUT2D eigenvalue weighted by atomic mass is 10.1. The van der Waals surface area contributed by atoms with Crippen LogP contribution < -0.4 is 14.8 Å². The molecule has 150 valence electrons. The second-order valence-corrected chi connectivity index (χ2v) is 7.16. The quantitative estimate of drug-likeness (QED) is 0.468. The fraction of sp³-hybridized carbons (Fsp3) is 0.200. The van der Waals surface area contributed by atoms with E-state index in [9.17, 15) is 14.9 Å². The lowest BCUT2D eigenvalue weighted by molar-refractivity contribution is -0.385. The summed E-state index contributed by atoms with van der Waals surface area (Å²) in [5.41, 5.74) is 2.11. The normalized spacial score (nSPS) is 10.5. The van der Waals surface area contributed by atoms with Gasteiger partial charge >= 0.3 is 0 Å². The number of nitrogens with zero attached hydrogens (tertiary/aromatic N) is 2. The fourth-order valence-corrected chi connectivity index (χ4v) is 3.79. The van der Waals surface area contributed by atoms with Crippen LogP contribution in [0.4, 0.5) is 11.4 Å². The number of rotatable bonds is 6. The van der Waals surface area contributed by atoms with E-state index in [1.165, 1.54) is 23.5 Å². The number of nitrogens with one attached hydrogen (secondary N) is 1. The summed E-state index contributed by atoms with van der Waals surface area (Å²) in [6, 6.07) is 9.98. The van der Waals surface area contributed by atoms with Gasteiger partial charge < -0.3 is 14.8 Å². The molecule has 0 radical (unpaired) electrons. The Morgan fingerprint density at radius 2 is 1.86 bits per heavy atom. The number of methoxy groups -OCH3 is 2. The van der Waals surface area contributed by atoms with Crippen molar-refractivity contribution < 1.29 is 19.2 Å². The predicted molar refractivity (Wildman–Crippen MR) is 111 cm³/mol. The number of carbonyl (C=O) groups is 1. The highest BCUT2D eigenvalue weighted by Gasteiger charge is 2.20. The number of amides is 1. The highest BCUT2D eigenvalue weighted by molar-refractivity contribution is 7.17. The van der Waals surface area contributed by atoms with Gasteiger partial charge in [0.25, 0.3) is 11.6 Å². The molecule has 3 rings (SSSR count). The van der Waals surface area contributed by atoms with E-state index in [1.807, 2.05) is 6.07 Å². The fourth-order valence-electron chi connectivity index (χ4n) is 2.84. The van der Waals surface area contributed by atoms with E-state index in [4.69, 9.17) is 9.47 Å². The lowest BCUT2D eigenvalue weighted by Gasteiger charge is -2.08. The molecular weight excluding hydrogens is 394 g/mol. The number of ether oxygens (including phenoxy) is 2. The Morgan fingerprint density at radius 1 is 1.14 bits per heavy atom. The van der Waals surface area contributed by atoms with Crippen LogP contribution in [-0.2, 0) is 0 Å². The summed E-state index contributed by atoms with van der Waals surface area (Å²) >= 11 is 1.24. The molecule has 0 saturated heterocycles. The zero-order valence-electron chi connectivity index (χ0n) is 16.3. The molecule has 0 spiro atoms. The van der Waals surface area contributed by atoms with Crippen LogP contribution in [0.5, 0.6) is 11.5 Å². The number of aromatic nitrogens is 1. The van der Waals surface area contributed by atoms with Crippen molar-refractivity contribution in [3.8, 4) is 22.1 Å². The van der Waals surface area contributed by atoms with Crippen LogP contribution in [0.2, 0.25) is 0 Å². The highest BCUT2D eigenvalue weighted by atomic mass is 32.1. The van der Waals surface area contributed by atoms with E-state index in [0.29, 0.717) is 38.3 Å². The minimum absolute atomic E-state index is 0.0464. The monoisotopic (exact) mass is 413 g/mol. The molecular formula is C20H19N3O5S. The number of anilines is 1. The Kier molecular flexibility index (Phi) is 5.79. The number of nitro groups is 1. The van der Waals surface area contributed by atoms with Crippen LogP contribution >= 0.6 is 11.3 Å². The molecule has 1 aromatic heterocycles. The average Bonchev–Trinajstić information content (AvgIpc) is 3.10. The van der Waals surface area contributed by atoms with Gasteiger partial charge in [-0.2, -0.15) is 0 Å². The SMILES string of the molecule is COc1ccc(-c2nc(C)c(C(=O)Nc3cccc([N+](=O)[O-])c3C)s2)cc1OC. The van der Waals surface area contributed by atoms with Gasteiger partial charge in [-0.25, -0.2) is 4.98 Å². The molecule has 8 nitrogen and oxygen atoms in total. The van der Waals surface area contributed by atoms with Gasteiger partial charge in [0.2, 0.25) is 0 Å².